The monoisotopic (exact) mass is 253 g/mol. The number of aliphatic hydroxyl groups excluding tert-OH is 1. The van der Waals surface area contributed by atoms with E-state index in [1.165, 1.54) is 0 Å². The maximum atomic E-state index is 8.72. The minimum atomic E-state index is 0.253. The molecule has 1 unspecified atom stereocenters. The smallest absolute Gasteiger partial charge is 0.161 e. The molecule has 102 valence electrons. The van der Waals surface area contributed by atoms with Crippen molar-refractivity contribution in [1.82, 2.24) is 5.32 Å². The summed E-state index contributed by atoms with van der Waals surface area (Å²) < 4.78 is 10.5. The molecule has 0 aliphatic carbocycles. The van der Waals surface area contributed by atoms with E-state index in [4.69, 9.17) is 14.6 Å². The predicted molar refractivity (Wildman–Crippen MR) is 72.3 cm³/mol. The first-order valence-electron chi connectivity index (χ1n) is 6.29. The van der Waals surface area contributed by atoms with Gasteiger partial charge >= 0.3 is 0 Å². The first-order chi connectivity index (χ1) is 8.72. The molecule has 0 saturated carbocycles. The zero-order valence-electron chi connectivity index (χ0n) is 11.4. The molecule has 4 heteroatoms. The minimum Gasteiger partial charge on any atom is -0.493 e. The van der Waals surface area contributed by atoms with Crippen molar-refractivity contribution in [2.24, 2.45) is 0 Å². The molecule has 1 atom stereocenters. The molecule has 18 heavy (non-hydrogen) atoms. The number of methoxy groups -OCH3 is 2. The van der Waals surface area contributed by atoms with Crippen LogP contribution in [0.5, 0.6) is 11.5 Å². The van der Waals surface area contributed by atoms with E-state index in [1.807, 2.05) is 18.2 Å². The van der Waals surface area contributed by atoms with Crippen molar-refractivity contribution < 1.29 is 14.6 Å². The van der Waals surface area contributed by atoms with Gasteiger partial charge in [-0.15, -0.1) is 0 Å². The first kappa shape index (κ1) is 14.8. The van der Waals surface area contributed by atoms with Crippen LogP contribution >= 0.6 is 0 Å². The van der Waals surface area contributed by atoms with Gasteiger partial charge in [-0.1, -0.05) is 6.07 Å². The number of ether oxygens (including phenoxy) is 2. The molecule has 1 rings (SSSR count). The van der Waals surface area contributed by atoms with Crippen molar-refractivity contribution in [3.63, 3.8) is 0 Å². The molecule has 0 fully saturated rings. The average molecular weight is 253 g/mol. The highest BCUT2D eigenvalue weighted by Gasteiger charge is 2.09. The normalized spacial score (nSPS) is 12.2. The molecule has 4 nitrogen and oxygen atoms in total. The zero-order valence-corrected chi connectivity index (χ0v) is 11.4. The van der Waals surface area contributed by atoms with Crippen LogP contribution in [0.3, 0.4) is 0 Å². The maximum Gasteiger partial charge on any atom is 0.161 e. The lowest BCUT2D eigenvalue weighted by Crippen LogP contribution is -2.20. The third-order valence-electron chi connectivity index (χ3n) is 2.94. The van der Waals surface area contributed by atoms with Crippen molar-refractivity contribution >= 4 is 0 Å². The summed E-state index contributed by atoms with van der Waals surface area (Å²) in [5, 5.41) is 12.1. The highest BCUT2D eigenvalue weighted by atomic mass is 16.5. The van der Waals surface area contributed by atoms with Gasteiger partial charge in [0.05, 0.1) is 14.2 Å². The summed E-state index contributed by atoms with van der Waals surface area (Å²) in [7, 11) is 3.27. The van der Waals surface area contributed by atoms with Crippen LogP contribution in [-0.4, -0.2) is 32.5 Å². The van der Waals surface area contributed by atoms with E-state index in [1.54, 1.807) is 14.2 Å². The van der Waals surface area contributed by atoms with Gasteiger partial charge in [-0.25, -0.2) is 0 Å². The van der Waals surface area contributed by atoms with Crippen molar-refractivity contribution in [2.45, 2.75) is 25.8 Å². The standard InChI is InChI=1S/C14H23NO3/c1-11(15-8-4-5-9-16)12-6-7-13(17-2)14(10-12)18-3/h6-7,10-11,15-16H,4-5,8-9H2,1-3H3. The molecule has 2 N–H and O–H groups in total. The third-order valence-corrected chi connectivity index (χ3v) is 2.94. The molecule has 0 aromatic heterocycles. The van der Waals surface area contributed by atoms with E-state index in [-0.39, 0.29) is 12.6 Å². The fourth-order valence-corrected chi connectivity index (χ4v) is 1.80. The molecule has 0 radical (unpaired) electrons. The Morgan fingerprint density at radius 2 is 1.89 bits per heavy atom. The lowest BCUT2D eigenvalue weighted by Gasteiger charge is -2.16. The lowest BCUT2D eigenvalue weighted by molar-refractivity contribution is 0.283. The SMILES string of the molecule is COc1ccc(C(C)NCCCCO)cc1OC. The molecule has 0 bridgehead atoms. The summed E-state index contributed by atoms with van der Waals surface area (Å²) in [6.45, 7) is 3.27. The van der Waals surface area contributed by atoms with E-state index < -0.39 is 0 Å². The fraction of sp³-hybridized carbons (Fsp3) is 0.571. The van der Waals surface area contributed by atoms with Crippen molar-refractivity contribution in [1.29, 1.82) is 0 Å². The zero-order chi connectivity index (χ0) is 13.4. The van der Waals surface area contributed by atoms with Gasteiger partial charge in [-0.3, -0.25) is 0 Å². The van der Waals surface area contributed by atoms with Gasteiger partial charge in [0.15, 0.2) is 11.5 Å². The van der Waals surface area contributed by atoms with Crippen LogP contribution in [0, 0.1) is 0 Å². The number of unbranched alkanes of at least 4 members (excludes halogenated alkanes) is 1. The highest BCUT2D eigenvalue weighted by Crippen LogP contribution is 2.29. The van der Waals surface area contributed by atoms with Crippen LogP contribution in [0.15, 0.2) is 18.2 Å². The second-order valence-corrected chi connectivity index (χ2v) is 4.22. The molecular weight excluding hydrogens is 230 g/mol. The number of benzene rings is 1. The van der Waals surface area contributed by atoms with E-state index in [0.717, 1.165) is 36.4 Å². The molecule has 0 spiro atoms. The van der Waals surface area contributed by atoms with Crippen LogP contribution in [0.1, 0.15) is 31.4 Å². The van der Waals surface area contributed by atoms with E-state index in [2.05, 4.69) is 12.2 Å². The summed E-state index contributed by atoms with van der Waals surface area (Å²) in [5.74, 6) is 1.49. The minimum absolute atomic E-state index is 0.253. The number of aliphatic hydroxyl groups is 1. The molecule has 0 amide bonds. The second-order valence-electron chi connectivity index (χ2n) is 4.22. The Morgan fingerprint density at radius 1 is 1.17 bits per heavy atom. The first-order valence-corrected chi connectivity index (χ1v) is 6.29. The Morgan fingerprint density at radius 3 is 2.50 bits per heavy atom. The van der Waals surface area contributed by atoms with E-state index in [0.29, 0.717) is 0 Å². The van der Waals surface area contributed by atoms with Gasteiger partial charge in [0.25, 0.3) is 0 Å². The van der Waals surface area contributed by atoms with Crippen LogP contribution in [-0.2, 0) is 0 Å². The maximum absolute atomic E-state index is 8.72. The fourth-order valence-electron chi connectivity index (χ4n) is 1.80. The molecule has 1 aromatic rings. The predicted octanol–water partition coefficient (Wildman–Crippen LogP) is 2.13. The molecular formula is C14H23NO3. The number of hydrogen-bond acceptors (Lipinski definition) is 4. The van der Waals surface area contributed by atoms with Crippen LogP contribution in [0.2, 0.25) is 0 Å². The topological polar surface area (TPSA) is 50.7 Å². The van der Waals surface area contributed by atoms with Gasteiger partial charge in [-0.05, 0) is 44.0 Å². The number of rotatable bonds is 8. The molecule has 0 heterocycles. The Hall–Kier alpha value is -1.26. The van der Waals surface area contributed by atoms with Gasteiger partial charge in [0.2, 0.25) is 0 Å². The largest absolute Gasteiger partial charge is 0.493 e. The number of nitrogens with one attached hydrogen (secondary N) is 1. The highest BCUT2D eigenvalue weighted by molar-refractivity contribution is 5.43. The molecule has 0 aliphatic rings. The Labute approximate surface area is 109 Å². The molecule has 1 aromatic carbocycles. The number of hydrogen-bond donors (Lipinski definition) is 2. The van der Waals surface area contributed by atoms with E-state index in [9.17, 15) is 0 Å². The Kier molecular flexibility index (Phi) is 6.54. The van der Waals surface area contributed by atoms with Crippen LogP contribution < -0.4 is 14.8 Å². The summed E-state index contributed by atoms with van der Waals surface area (Å²) >= 11 is 0. The van der Waals surface area contributed by atoms with E-state index >= 15 is 0 Å². The lowest BCUT2D eigenvalue weighted by atomic mass is 10.1. The molecule has 0 saturated heterocycles. The van der Waals surface area contributed by atoms with Gasteiger partial charge in [0.1, 0.15) is 0 Å². The van der Waals surface area contributed by atoms with Crippen LogP contribution in [0.25, 0.3) is 0 Å². The summed E-state index contributed by atoms with van der Waals surface area (Å²) in [6.07, 6.45) is 1.82. The second kappa shape index (κ2) is 7.95. The van der Waals surface area contributed by atoms with Crippen molar-refractivity contribution in [3.8, 4) is 11.5 Å². The Balaban J connectivity index is 2.59. The quantitative estimate of drug-likeness (QED) is 0.697. The Bertz CT molecular complexity index is 355. The molecule has 0 aliphatic heterocycles. The average Bonchev–Trinajstić information content (AvgIpc) is 2.42. The summed E-state index contributed by atoms with van der Waals surface area (Å²) in [4.78, 5) is 0. The summed E-state index contributed by atoms with van der Waals surface area (Å²) in [6, 6.07) is 6.19. The van der Waals surface area contributed by atoms with Gasteiger partial charge in [-0.2, -0.15) is 0 Å². The van der Waals surface area contributed by atoms with Gasteiger partial charge < -0.3 is 19.9 Å². The van der Waals surface area contributed by atoms with Crippen molar-refractivity contribution in [2.75, 3.05) is 27.4 Å². The third kappa shape index (κ3) is 4.20. The van der Waals surface area contributed by atoms with Gasteiger partial charge in [0, 0.05) is 12.6 Å². The van der Waals surface area contributed by atoms with Crippen LogP contribution in [0.4, 0.5) is 0 Å². The summed E-state index contributed by atoms with van der Waals surface area (Å²) in [5.41, 5.74) is 1.16. The van der Waals surface area contributed by atoms with Crippen molar-refractivity contribution in [3.05, 3.63) is 23.8 Å².